The summed E-state index contributed by atoms with van der Waals surface area (Å²) in [5.41, 5.74) is 2.88. The largest absolute Gasteiger partial charge is 0.373 e. The summed E-state index contributed by atoms with van der Waals surface area (Å²) in [7, 11) is 1.91. The average molecular weight is 527 g/mol. The molecule has 168 valence electrons. The normalized spacial score (nSPS) is 24.6. The Balaban J connectivity index is 0.00000256. The van der Waals surface area contributed by atoms with Crippen molar-refractivity contribution in [1.29, 1.82) is 0 Å². The number of hydrogen-bond donors (Lipinski definition) is 1. The number of aryl methyl sites for hydroxylation is 1. The minimum absolute atomic E-state index is 0. The van der Waals surface area contributed by atoms with Gasteiger partial charge in [-0.15, -0.1) is 24.0 Å². The molecule has 30 heavy (non-hydrogen) atoms. The van der Waals surface area contributed by atoms with Gasteiger partial charge < -0.3 is 19.9 Å². The predicted octanol–water partition coefficient (Wildman–Crippen LogP) is 4.08. The molecule has 2 aliphatic heterocycles. The smallest absolute Gasteiger partial charge is 0.193 e. The van der Waals surface area contributed by atoms with Crippen LogP contribution in [0.2, 0.25) is 0 Å². The lowest BCUT2D eigenvalue weighted by molar-refractivity contribution is 0.0397. The van der Waals surface area contributed by atoms with E-state index in [1.54, 1.807) is 0 Å². The van der Waals surface area contributed by atoms with Gasteiger partial charge in [0.2, 0.25) is 0 Å². The molecule has 3 aliphatic rings. The highest BCUT2D eigenvalue weighted by Crippen LogP contribution is 2.32. The van der Waals surface area contributed by atoms with E-state index in [1.807, 2.05) is 7.05 Å². The van der Waals surface area contributed by atoms with Crippen LogP contribution in [-0.2, 0) is 11.2 Å². The van der Waals surface area contributed by atoms with Crippen molar-refractivity contribution in [3.8, 4) is 0 Å². The maximum absolute atomic E-state index is 6.24. The Morgan fingerprint density at radius 3 is 2.80 bits per heavy atom. The van der Waals surface area contributed by atoms with Crippen LogP contribution in [0.5, 0.6) is 0 Å². The van der Waals surface area contributed by atoms with Gasteiger partial charge in [-0.2, -0.15) is 0 Å². The summed E-state index contributed by atoms with van der Waals surface area (Å²) in [6.07, 6.45) is 8.94. The minimum atomic E-state index is 0. The molecular formula is C24H39IN4O. The molecule has 2 saturated heterocycles. The van der Waals surface area contributed by atoms with Crippen LogP contribution in [-0.4, -0.2) is 68.7 Å². The topological polar surface area (TPSA) is 40.1 Å². The molecule has 1 aromatic carbocycles. The van der Waals surface area contributed by atoms with Gasteiger partial charge in [0, 0.05) is 39.8 Å². The van der Waals surface area contributed by atoms with Crippen LogP contribution in [0.3, 0.4) is 0 Å². The van der Waals surface area contributed by atoms with Crippen LogP contribution in [0.25, 0.3) is 0 Å². The lowest BCUT2D eigenvalue weighted by Crippen LogP contribution is -2.41. The second-order valence-corrected chi connectivity index (χ2v) is 8.89. The zero-order valence-electron chi connectivity index (χ0n) is 18.5. The molecule has 2 fully saturated rings. The number of aliphatic imine (C=N–C) groups is 1. The molecule has 4 rings (SSSR count). The van der Waals surface area contributed by atoms with E-state index in [0.29, 0.717) is 0 Å². The average Bonchev–Trinajstić information content (AvgIpc) is 3.43. The summed E-state index contributed by atoms with van der Waals surface area (Å²) in [5.74, 6) is 1.86. The van der Waals surface area contributed by atoms with Crippen LogP contribution in [0, 0.1) is 5.92 Å². The molecule has 0 bridgehead atoms. The highest BCUT2D eigenvalue weighted by molar-refractivity contribution is 14.0. The van der Waals surface area contributed by atoms with E-state index in [4.69, 9.17) is 4.74 Å². The zero-order chi connectivity index (χ0) is 19.9. The number of nitrogens with zero attached hydrogens (tertiary/aromatic N) is 3. The van der Waals surface area contributed by atoms with Crippen LogP contribution in [0.15, 0.2) is 29.3 Å². The number of halogens is 1. The highest BCUT2D eigenvalue weighted by atomic mass is 127. The predicted molar refractivity (Wildman–Crippen MR) is 135 cm³/mol. The lowest BCUT2D eigenvalue weighted by atomic mass is 9.89. The summed E-state index contributed by atoms with van der Waals surface area (Å²) in [5, 5.41) is 3.56. The van der Waals surface area contributed by atoms with Crippen LogP contribution in [0.1, 0.15) is 55.8 Å². The van der Waals surface area contributed by atoms with Gasteiger partial charge >= 0.3 is 0 Å². The van der Waals surface area contributed by atoms with Crippen LogP contribution in [0.4, 0.5) is 0 Å². The van der Waals surface area contributed by atoms with Gasteiger partial charge in [-0.1, -0.05) is 24.3 Å². The molecule has 2 unspecified atom stereocenters. The summed E-state index contributed by atoms with van der Waals surface area (Å²) >= 11 is 0. The molecule has 0 saturated carbocycles. The Hall–Kier alpha value is -0.860. The molecule has 5 nitrogen and oxygen atoms in total. The van der Waals surface area contributed by atoms with Crippen molar-refractivity contribution in [2.45, 2.75) is 51.0 Å². The van der Waals surface area contributed by atoms with E-state index in [2.05, 4.69) is 44.4 Å². The van der Waals surface area contributed by atoms with Gasteiger partial charge in [-0.25, -0.2) is 0 Å². The van der Waals surface area contributed by atoms with Crippen molar-refractivity contribution < 1.29 is 4.74 Å². The first kappa shape index (κ1) is 23.8. The summed E-state index contributed by atoms with van der Waals surface area (Å²) in [6, 6.07) is 8.78. The third kappa shape index (κ3) is 6.33. The second kappa shape index (κ2) is 12.2. The Morgan fingerprint density at radius 2 is 1.97 bits per heavy atom. The van der Waals surface area contributed by atoms with E-state index in [0.717, 1.165) is 51.0 Å². The fraction of sp³-hybridized carbons (Fsp3) is 0.708. The number of nitrogens with one attached hydrogen (secondary N) is 1. The quantitative estimate of drug-likeness (QED) is 0.252. The summed E-state index contributed by atoms with van der Waals surface area (Å²) in [4.78, 5) is 9.62. The van der Waals surface area contributed by atoms with E-state index in [1.165, 1.54) is 62.9 Å². The first-order chi connectivity index (χ1) is 14.3. The monoisotopic (exact) mass is 526 g/mol. The maximum atomic E-state index is 6.24. The van der Waals surface area contributed by atoms with Crippen molar-refractivity contribution in [2.24, 2.45) is 10.9 Å². The van der Waals surface area contributed by atoms with Gasteiger partial charge in [0.15, 0.2) is 5.96 Å². The van der Waals surface area contributed by atoms with Gasteiger partial charge in [-0.3, -0.25) is 4.99 Å². The molecule has 0 radical (unpaired) electrons. The molecule has 2 heterocycles. The number of ether oxygens (including phenoxy) is 1. The first-order valence-electron chi connectivity index (χ1n) is 11.7. The molecule has 1 aliphatic carbocycles. The lowest BCUT2D eigenvalue weighted by Gasteiger charge is -2.26. The Morgan fingerprint density at radius 1 is 1.13 bits per heavy atom. The fourth-order valence-electron chi connectivity index (χ4n) is 5.22. The number of hydrogen-bond acceptors (Lipinski definition) is 3. The third-order valence-corrected chi connectivity index (χ3v) is 6.75. The summed E-state index contributed by atoms with van der Waals surface area (Å²) in [6.45, 7) is 7.88. The van der Waals surface area contributed by atoms with Gasteiger partial charge in [-0.05, 0) is 75.1 Å². The zero-order valence-corrected chi connectivity index (χ0v) is 20.9. The molecule has 1 aromatic rings. The molecule has 1 N–H and O–H groups in total. The number of fused-ring (bicyclic) bond motifs is 1. The van der Waals surface area contributed by atoms with Gasteiger partial charge in [0.1, 0.15) is 0 Å². The van der Waals surface area contributed by atoms with Crippen molar-refractivity contribution in [2.75, 3.05) is 52.9 Å². The molecule has 2 atom stereocenters. The van der Waals surface area contributed by atoms with E-state index in [9.17, 15) is 0 Å². The molecule has 0 spiro atoms. The Kier molecular flexibility index (Phi) is 9.71. The highest BCUT2D eigenvalue weighted by Gasteiger charge is 2.27. The standard InChI is InChI=1S/C24H38N4O.HI/c1-25-24(28-16-12-20(19-28)18-27-14-4-5-15-27)26-13-7-17-29-23-11-6-9-21-8-2-3-10-22(21)23;/h2-3,8,10,20,23H,4-7,9,11-19H2,1H3,(H,25,26);1H. The SMILES string of the molecule is CN=C(NCCCOC1CCCc2ccccc21)N1CCC(CN2CCCC2)C1.I. The van der Waals surface area contributed by atoms with Crippen molar-refractivity contribution in [1.82, 2.24) is 15.1 Å². The van der Waals surface area contributed by atoms with E-state index in [-0.39, 0.29) is 30.1 Å². The first-order valence-corrected chi connectivity index (χ1v) is 11.7. The fourth-order valence-corrected chi connectivity index (χ4v) is 5.22. The third-order valence-electron chi connectivity index (χ3n) is 6.75. The van der Waals surface area contributed by atoms with Crippen LogP contribution >= 0.6 is 24.0 Å². The molecular weight excluding hydrogens is 487 g/mol. The minimum Gasteiger partial charge on any atom is -0.373 e. The number of guanidine groups is 1. The Labute approximate surface area is 199 Å². The summed E-state index contributed by atoms with van der Waals surface area (Å²) < 4.78 is 6.24. The van der Waals surface area contributed by atoms with E-state index >= 15 is 0 Å². The van der Waals surface area contributed by atoms with E-state index < -0.39 is 0 Å². The number of likely N-dealkylation sites (tertiary alicyclic amines) is 2. The molecule has 0 amide bonds. The second-order valence-electron chi connectivity index (χ2n) is 8.89. The Bertz CT molecular complexity index is 677. The van der Waals surface area contributed by atoms with Crippen molar-refractivity contribution >= 4 is 29.9 Å². The van der Waals surface area contributed by atoms with Crippen molar-refractivity contribution in [3.05, 3.63) is 35.4 Å². The maximum Gasteiger partial charge on any atom is 0.193 e. The van der Waals surface area contributed by atoms with Gasteiger partial charge in [0.05, 0.1) is 6.10 Å². The molecule has 0 aromatic heterocycles. The van der Waals surface area contributed by atoms with Crippen molar-refractivity contribution in [3.63, 3.8) is 0 Å². The van der Waals surface area contributed by atoms with Crippen LogP contribution < -0.4 is 5.32 Å². The van der Waals surface area contributed by atoms with Gasteiger partial charge in [0.25, 0.3) is 0 Å². The number of rotatable bonds is 7. The number of benzene rings is 1. The molecule has 6 heteroatoms.